The van der Waals surface area contributed by atoms with Crippen LogP contribution in [0.4, 0.5) is 0 Å². The van der Waals surface area contributed by atoms with Gasteiger partial charge in [-0.25, -0.2) is 0 Å². The number of carbonyl (C=O) groups excluding carboxylic acids is 1. The second-order valence-corrected chi connectivity index (χ2v) is 13.8. The second-order valence-electron chi connectivity index (χ2n) is 12.7. The molecule has 2 unspecified atom stereocenters. The zero-order chi connectivity index (χ0) is 32.7. The summed E-state index contributed by atoms with van der Waals surface area (Å²) in [6.07, 6.45) is 4.66. The number of fused-ring (bicyclic) bond motifs is 8. The third kappa shape index (κ3) is 5.49. The number of benzene rings is 5. The van der Waals surface area contributed by atoms with Crippen molar-refractivity contribution >= 4 is 70.1 Å². The molecule has 1 N–H and O–H groups in total. The minimum atomic E-state index is -0.407. The predicted molar refractivity (Wildman–Crippen MR) is 197 cm³/mol. The van der Waals surface area contributed by atoms with Gasteiger partial charge in [-0.2, -0.15) is 0 Å². The largest absolute Gasteiger partial charge is 0.370 e. The highest BCUT2D eigenvalue weighted by molar-refractivity contribution is 7.25. The molecular weight excluding hydrogens is 601 g/mol. The number of unbranched alkanes of at least 4 members (excludes halogenated alkanes) is 1. The molecule has 7 aromatic rings. The van der Waals surface area contributed by atoms with Crippen LogP contribution in [0.2, 0.25) is 0 Å². The van der Waals surface area contributed by atoms with Gasteiger partial charge in [0.25, 0.3) is 0 Å². The number of rotatable bonds is 10. The molecule has 0 saturated carbocycles. The van der Waals surface area contributed by atoms with E-state index in [1.165, 1.54) is 31.7 Å². The Hall–Kier alpha value is -4.52. The molecule has 0 fully saturated rings. The smallest absolute Gasteiger partial charge is 0.321 e. The number of aryl methyl sites for hydroxylation is 1. The van der Waals surface area contributed by atoms with Gasteiger partial charge in [0, 0.05) is 49.8 Å². The van der Waals surface area contributed by atoms with E-state index in [4.69, 9.17) is 4.84 Å². The normalized spacial score (nSPS) is 13.2. The van der Waals surface area contributed by atoms with Gasteiger partial charge in [0.05, 0.1) is 17.1 Å². The second kappa shape index (κ2) is 12.9. The van der Waals surface area contributed by atoms with Crippen molar-refractivity contribution in [1.29, 1.82) is 0 Å². The van der Waals surface area contributed by atoms with E-state index in [-0.39, 0.29) is 5.43 Å². The molecule has 0 amide bonds. The predicted octanol–water partition coefficient (Wildman–Crippen LogP) is 10.4. The number of nitrogens with one attached hydrogen (secondary N) is 1. The maximum atomic E-state index is 13.9. The molecule has 2 heterocycles. The third-order valence-corrected chi connectivity index (χ3v) is 10.9. The minimum Gasteiger partial charge on any atom is -0.370 e. The van der Waals surface area contributed by atoms with Crippen LogP contribution < -0.4 is 10.9 Å². The standard InChI is InChI=1S/C41H40N2O3S/c1-5-7-15-27(6-2)24-43-35-22-21-32-40(45)31-19-12-13-20-36(31)47-41(32)37(35)34-23-33(29-17-10-11-18-30(29)39(34)43)38(42-46-26(4)44)28-16-9-8-14-25(28)3/h8-14,16-23,27,38,42H,5-7,15,24H2,1-4H3. The first-order chi connectivity index (χ1) is 22.9. The Kier molecular flexibility index (Phi) is 8.56. The Labute approximate surface area is 278 Å². The van der Waals surface area contributed by atoms with Crippen molar-refractivity contribution in [2.75, 3.05) is 0 Å². The quantitative estimate of drug-likeness (QED) is 0.119. The molecule has 0 spiro atoms. The van der Waals surface area contributed by atoms with Gasteiger partial charge in [-0.15, -0.1) is 16.8 Å². The highest BCUT2D eigenvalue weighted by Crippen LogP contribution is 2.44. The van der Waals surface area contributed by atoms with Crippen LogP contribution >= 0.6 is 11.3 Å². The minimum absolute atomic E-state index is 0.0712. The molecule has 2 aromatic heterocycles. The molecule has 0 bridgehead atoms. The van der Waals surface area contributed by atoms with Gasteiger partial charge in [0.1, 0.15) is 0 Å². The number of aromatic nitrogens is 1. The molecule has 0 aliphatic rings. The third-order valence-electron chi connectivity index (χ3n) is 9.72. The fraction of sp³-hybridized carbons (Fsp3) is 0.268. The lowest BCUT2D eigenvalue weighted by Crippen LogP contribution is -2.26. The number of nitrogens with zero attached hydrogens (tertiary/aromatic N) is 1. The average Bonchev–Trinajstić information content (AvgIpc) is 3.40. The van der Waals surface area contributed by atoms with Gasteiger partial charge < -0.3 is 9.40 Å². The van der Waals surface area contributed by atoms with Crippen molar-refractivity contribution in [3.05, 3.63) is 118 Å². The molecule has 7 rings (SSSR count). The lowest BCUT2D eigenvalue weighted by atomic mass is 9.90. The molecule has 0 aliphatic heterocycles. The van der Waals surface area contributed by atoms with Gasteiger partial charge in [-0.1, -0.05) is 93.8 Å². The first-order valence-electron chi connectivity index (χ1n) is 16.7. The number of hydrogen-bond donors (Lipinski definition) is 1. The average molecular weight is 641 g/mol. The molecule has 47 heavy (non-hydrogen) atoms. The molecular formula is C41H40N2O3S. The topological polar surface area (TPSA) is 60.3 Å². The SMILES string of the molecule is CCCCC(CC)Cn1c2ccc3c(=O)c4ccccc4sc3c2c2cc(C(NOC(C)=O)c3ccccc3C)c3ccccc3c21. The van der Waals surface area contributed by atoms with Crippen molar-refractivity contribution in [1.82, 2.24) is 10.0 Å². The highest BCUT2D eigenvalue weighted by atomic mass is 32.1. The van der Waals surface area contributed by atoms with Crippen LogP contribution in [0.5, 0.6) is 0 Å². The van der Waals surface area contributed by atoms with Crippen molar-refractivity contribution in [2.24, 2.45) is 5.92 Å². The van der Waals surface area contributed by atoms with Gasteiger partial charge in [0.15, 0.2) is 5.43 Å². The zero-order valence-electron chi connectivity index (χ0n) is 27.4. The van der Waals surface area contributed by atoms with Crippen molar-refractivity contribution < 1.29 is 9.63 Å². The fourth-order valence-electron chi connectivity index (χ4n) is 7.28. The molecule has 0 aliphatic carbocycles. The summed E-state index contributed by atoms with van der Waals surface area (Å²) >= 11 is 1.70. The molecule has 6 heteroatoms. The summed E-state index contributed by atoms with van der Waals surface area (Å²) in [5, 5.41) is 5.97. The van der Waals surface area contributed by atoms with E-state index in [1.807, 2.05) is 36.4 Å². The van der Waals surface area contributed by atoms with E-state index in [0.717, 1.165) is 76.9 Å². The van der Waals surface area contributed by atoms with Crippen molar-refractivity contribution in [3.63, 3.8) is 0 Å². The summed E-state index contributed by atoms with van der Waals surface area (Å²) in [6.45, 7) is 8.96. The summed E-state index contributed by atoms with van der Waals surface area (Å²) in [4.78, 5) is 31.6. The Morgan fingerprint density at radius 2 is 1.57 bits per heavy atom. The summed E-state index contributed by atoms with van der Waals surface area (Å²) in [7, 11) is 0. The molecule has 5 nitrogen and oxygen atoms in total. The van der Waals surface area contributed by atoms with Crippen LogP contribution in [-0.2, 0) is 16.2 Å². The summed E-state index contributed by atoms with van der Waals surface area (Å²) in [6, 6.07) is 30.8. The maximum absolute atomic E-state index is 13.9. The van der Waals surface area contributed by atoms with Crippen LogP contribution in [0.1, 0.15) is 69.2 Å². The Morgan fingerprint density at radius 3 is 2.32 bits per heavy atom. The van der Waals surface area contributed by atoms with E-state index < -0.39 is 12.0 Å². The first kappa shape index (κ1) is 31.1. The Balaban J connectivity index is 1.63. The highest BCUT2D eigenvalue weighted by Gasteiger charge is 2.25. The number of hydrogen-bond acceptors (Lipinski definition) is 5. The summed E-state index contributed by atoms with van der Waals surface area (Å²) < 4.78 is 4.52. The summed E-state index contributed by atoms with van der Waals surface area (Å²) in [5.74, 6) is 0.134. The molecule has 5 aromatic carbocycles. The Bertz CT molecular complexity index is 2350. The number of hydroxylamine groups is 1. The zero-order valence-corrected chi connectivity index (χ0v) is 28.2. The molecule has 0 radical (unpaired) electrons. The van der Waals surface area contributed by atoms with Crippen LogP contribution in [0.3, 0.4) is 0 Å². The fourth-order valence-corrected chi connectivity index (χ4v) is 8.51. The molecule has 238 valence electrons. The van der Waals surface area contributed by atoms with E-state index in [2.05, 4.69) is 85.4 Å². The summed E-state index contributed by atoms with van der Waals surface area (Å²) in [5.41, 5.74) is 8.69. The maximum Gasteiger partial charge on any atom is 0.321 e. The van der Waals surface area contributed by atoms with E-state index in [1.54, 1.807) is 11.3 Å². The van der Waals surface area contributed by atoms with E-state index >= 15 is 0 Å². The number of carbonyl (C=O) groups is 1. The van der Waals surface area contributed by atoms with Gasteiger partial charge in [-0.05, 0) is 71.7 Å². The van der Waals surface area contributed by atoms with E-state index in [9.17, 15) is 9.59 Å². The molecule has 2 atom stereocenters. The van der Waals surface area contributed by atoms with Gasteiger partial charge >= 0.3 is 5.97 Å². The Morgan fingerprint density at radius 1 is 0.851 bits per heavy atom. The van der Waals surface area contributed by atoms with E-state index in [0.29, 0.717) is 5.92 Å². The monoisotopic (exact) mass is 640 g/mol. The van der Waals surface area contributed by atoms with Crippen LogP contribution in [0, 0.1) is 12.8 Å². The van der Waals surface area contributed by atoms with Gasteiger partial charge in [0.2, 0.25) is 0 Å². The lowest BCUT2D eigenvalue weighted by Gasteiger charge is -2.23. The van der Waals surface area contributed by atoms with Crippen LogP contribution in [0.15, 0.2) is 95.8 Å². The first-order valence-corrected chi connectivity index (χ1v) is 17.5. The van der Waals surface area contributed by atoms with Crippen molar-refractivity contribution in [2.45, 2.75) is 66.0 Å². The van der Waals surface area contributed by atoms with Crippen molar-refractivity contribution in [3.8, 4) is 0 Å². The van der Waals surface area contributed by atoms with Gasteiger partial charge in [-0.3, -0.25) is 9.59 Å². The van der Waals surface area contributed by atoms with Crippen LogP contribution in [-0.4, -0.2) is 10.5 Å². The lowest BCUT2D eigenvalue weighted by molar-refractivity contribution is -0.149. The molecule has 0 saturated heterocycles. The van der Waals surface area contributed by atoms with Crippen LogP contribution in [0.25, 0.3) is 52.8 Å².